The smallest absolute Gasteiger partial charge is 0.0469 e. The van der Waals surface area contributed by atoms with Crippen LogP contribution in [0.4, 0.5) is 0 Å². The fourth-order valence-corrected chi connectivity index (χ4v) is 3.09. The Balaban J connectivity index is 1.54. The largest absolute Gasteiger partial charge is 0.381 e. The van der Waals surface area contributed by atoms with E-state index in [2.05, 4.69) is 41.3 Å². The summed E-state index contributed by atoms with van der Waals surface area (Å²) in [5.74, 6) is 0.848. The van der Waals surface area contributed by atoms with Gasteiger partial charge in [0, 0.05) is 32.8 Å². The molecule has 0 spiro atoms. The van der Waals surface area contributed by atoms with Crippen LogP contribution in [-0.4, -0.2) is 37.7 Å². The molecule has 3 rings (SSSR count). The molecule has 2 heteroatoms. The van der Waals surface area contributed by atoms with Gasteiger partial charge in [0.1, 0.15) is 0 Å². The Morgan fingerprint density at radius 1 is 1.11 bits per heavy atom. The molecule has 0 amide bonds. The van der Waals surface area contributed by atoms with E-state index in [1.165, 1.54) is 43.5 Å². The molecular weight excluding hydrogens is 234 g/mol. The van der Waals surface area contributed by atoms with E-state index < -0.39 is 0 Å². The summed E-state index contributed by atoms with van der Waals surface area (Å²) in [6.07, 6.45) is 6.09. The molecule has 2 aliphatic heterocycles. The van der Waals surface area contributed by atoms with Crippen LogP contribution in [0.3, 0.4) is 0 Å². The number of benzene rings is 1. The summed E-state index contributed by atoms with van der Waals surface area (Å²) in [6.45, 7) is 5.49. The van der Waals surface area contributed by atoms with Crippen LogP contribution in [0.5, 0.6) is 0 Å². The molecule has 19 heavy (non-hydrogen) atoms. The maximum atomic E-state index is 5.43. The Morgan fingerprint density at radius 2 is 1.89 bits per heavy atom. The Labute approximate surface area is 116 Å². The van der Waals surface area contributed by atoms with Crippen molar-refractivity contribution < 1.29 is 4.74 Å². The van der Waals surface area contributed by atoms with Crippen molar-refractivity contribution in [3.8, 4) is 0 Å². The van der Waals surface area contributed by atoms with Crippen LogP contribution < -0.4 is 0 Å². The number of ether oxygens (including phenoxy) is 1. The Hall–Kier alpha value is -1.12. The van der Waals surface area contributed by atoms with E-state index in [9.17, 15) is 0 Å². The van der Waals surface area contributed by atoms with Crippen molar-refractivity contribution in [1.82, 2.24) is 4.90 Å². The molecule has 1 saturated heterocycles. The van der Waals surface area contributed by atoms with Gasteiger partial charge in [-0.15, -0.1) is 0 Å². The lowest BCUT2D eigenvalue weighted by Gasteiger charge is -2.31. The zero-order chi connectivity index (χ0) is 12.9. The van der Waals surface area contributed by atoms with Gasteiger partial charge in [0.15, 0.2) is 0 Å². The van der Waals surface area contributed by atoms with E-state index in [4.69, 9.17) is 4.74 Å². The van der Waals surface area contributed by atoms with E-state index in [0.29, 0.717) is 0 Å². The van der Waals surface area contributed by atoms with Gasteiger partial charge < -0.3 is 4.74 Å². The molecule has 0 radical (unpaired) electrons. The summed E-state index contributed by atoms with van der Waals surface area (Å²) in [7, 11) is 0. The van der Waals surface area contributed by atoms with Crippen LogP contribution >= 0.6 is 0 Å². The second kappa shape index (κ2) is 6.36. The van der Waals surface area contributed by atoms with Crippen LogP contribution in [0, 0.1) is 5.92 Å². The molecular formula is C17H23NO. The van der Waals surface area contributed by atoms with Crippen LogP contribution in [-0.2, 0) is 4.74 Å². The molecule has 0 aliphatic carbocycles. The fourth-order valence-electron chi connectivity index (χ4n) is 3.09. The Kier molecular flexibility index (Phi) is 4.31. The highest BCUT2D eigenvalue weighted by atomic mass is 16.5. The Morgan fingerprint density at radius 3 is 2.58 bits per heavy atom. The number of nitrogens with zero attached hydrogens (tertiary/aromatic N) is 1. The van der Waals surface area contributed by atoms with E-state index in [1.807, 2.05) is 0 Å². The van der Waals surface area contributed by atoms with Gasteiger partial charge in [0.2, 0.25) is 0 Å². The fraction of sp³-hybridized carbons (Fsp3) is 0.529. The highest BCUT2D eigenvalue weighted by Gasteiger charge is 2.19. The molecule has 0 N–H and O–H groups in total. The van der Waals surface area contributed by atoms with E-state index >= 15 is 0 Å². The minimum atomic E-state index is 0.848. The van der Waals surface area contributed by atoms with Crippen molar-refractivity contribution in [2.75, 3.05) is 32.8 Å². The number of rotatable bonds is 3. The number of hydrogen-bond acceptors (Lipinski definition) is 2. The minimum absolute atomic E-state index is 0.848. The first-order chi connectivity index (χ1) is 9.42. The summed E-state index contributed by atoms with van der Waals surface area (Å²) in [6, 6.07) is 10.8. The summed E-state index contributed by atoms with van der Waals surface area (Å²) in [5.41, 5.74) is 2.91. The van der Waals surface area contributed by atoms with Crippen molar-refractivity contribution in [1.29, 1.82) is 0 Å². The van der Waals surface area contributed by atoms with E-state index in [1.54, 1.807) is 0 Å². The second-order valence-corrected chi connectivity index (χ2v) is 5.66. The molecule has 2 aliphatic rings. The van der Waals surface area contributed by atoms with Crippen LogP contribution in [0.25, 0.3) is 5.57 Å². The van der Waals surface area contributed by atoms with Gasteiger partial charge in [-0.3, -0.25) is 4.90 Å². The van der Waals surface area contributed by atoms with Gasteiger partial charge in [0.25, 0.3) is 0 Å². The van der Waals surface area contributed by atoms with Crippen molar-refractivity contribution in [3.63, 3.8) is 0 Å². The molecule has 0 unspecified atom stereocenters. The van der Waals surface area contributed by atoms with Gasteiger partial charge in [0.05, 0.1) is 0 Å². The third-order valence-corrected chi connectivity index (χ3v) is 4.30. The quantitative estimate of drug-likeness (QED) is 0.824. The van der Waals surface area contributed by atoms with Gasteiger partial charge in [-0.2, -0.15) is 0 Å². The molecule has 2 heterocycles. The third-order valence-electron chi connectivity index (χ3n) is 4.30. The zero-order valence-electron chi connectivity index (χ0n) is 11.6. The lowest BCUT2D eigenvalue weighted by Crippen LogP contribution is -2.35. The normalized spacial score (nSPS) is 22.2. The summed E-state index contributed by atoms with van der Waals surface area (Å²) >= 11 is 0. The topological polar surface area (TPSA) is 12.5 Å². The summed E-state index contributed by atoms with van der Waals surface area (Å²) < 4.78 is 5.43. The van der Waals surface area contributed by atoms with Crippen molar-refractivity contribution in [2.24, 2.45) is 5.92 Å². The first-order valence-electron chi connectivity index (χ1n) is 7.46. The summed E-state index contributed by atoms with van der Waals surface area (Å²) in [4.78, 5) is 2.60. The van der Waals surface area contributed by atoms with Crippen molar-refractivity contribution in [2.45, 2.75) is 19.3 Å². The van der Waals surface area contributed by atoms with Gasteiger partial charge >= 0.3 is 0 Å². The molecule has 0 atom stereocenters. The second-order valence-electron chi connectivity index (χ2n) is 5.66. The standard InChI is InChI=1S/C17H23NO/c1-2-4-16(5-3-1)17-6-10-18(11-7-17)14-15-8-12-19-13-9-15/h1-6,15H,7-14H2. The SMILES string of the molecule is C1=C(c2ccccc2)CCN(CC2CCOCC2)C1. The molecule has 1 aromatic rings. The van der Waals surface area contributed by atoms with Crippen LogP contribution in [0.2, 0.25) is 0 Å². The maximum absolute atomic E-state index is 5.43. The predicted octanol–water partition coefficient (Wildman–Crippen LogP) is 3.20. The molecule has 1 aromatic carbocycles. The highest BCUT2D eigenvalue weighted by molar-refractivity contribution is 5.66. The van der Waals surface area contributed by atoms with E-state index in [-0.39, 0.29) is 0 Å². The number of hydrogen-bond donors (Lipinski definition) is 0. The molecule has 2 nitrogen and oxygen atoms in total. The van der Waals surface area contributed by atoms with Crippen LogP contribution in [0.15, 0.2) is 36.4 Å². The molecule has 0 bridgehead atoms. The monoisotopic (exact) mass is 257 g/mol. The van der Waals surface area contributed by atoms with Crippen LogP contribution in [0.1, 0.15) is 24.8 Å². The highest BCUT2D eigenvalue weighted by Crippen LogP contribution is 2.24. The summed E-state index contributed by atoms with van der Waals surface area (Å²) in [5, 5.41) is 0. The van der Waals surface area contributed by atoms with Gasteiger partial charge in [-0.25, -0.2) is 0 Å². The van der Waals surface area contributed by atoms with Crippen molar-refractivity contribution in [3.05, 3.63) is 42.0 Å². The van der Waals surface area contributed by atoms with E-state index in [0.717, 1.165) is 25.7 Å². The zero-order valence-corrected chi connectivity index (χ0v) is 11.6. The maximum Gasteiger partial charge on any atom is 0.0469 e. The molecule has 0 saturated carbocycles. The molecule has 0 aromatic heterocycles. The van der Waals surface area contributed by atoms with Crippen molar-refractivity contribution >= 4 is 5.57 Å². The first-order valence-corrected chi connectivity index (χ1v) is 7.46. The average Bonchev–Trinajstić information content (AvgIpc) is 2.50. The first kappa shape index (κ1) is 12.9. The average molecular weight is 257 g/mol. The lowest BCUT2D eigenvalue weighted by atomic mass is 9.96. The lowest BCUT2D eigenvalue weighted by molar-refractivity contribution is 0.0539. The predicted molar refractivity (Wildman–Crippen MR) is 79.0 cm³/mol. The Bertz CT molecular complexity index is 420. The minimum Gasteiger partial charge on any atom is -0.381 e. The molecule has 102 valence electrons. The van der Waals surface area contributed by atoms with Gasteiger partial charge in [-0.1, -0.05) is 36.4 Å². The van der Waals surface area contributed by atoms with Gasteiger partial charge in [-0.05, 0) is 36.3 Å². The third kappa shape index (κ3) is 3.46. The molecule has 1 fully saturated rings.